The van der Waals surface area contributed by atoms with Crippen molar-refractivity contribution >= 4 is 17.9 Å². The Hall–Kier alpha value is -1.59. The van der Waals surface area contributed by atoms with Crippen molar-refractivity contribution in [3.8, 4) is 0 Å². The molecule has 1 atom stereocenters. The Labute approximate surface area is 418 Å². The fraction of sp³-hybridized carbons (Fsp3) is 0.951. The van der Waals surface area contributed by atoms with Crippen molar-refractivity contribution < 1.29 is 28.6 Å². The fourth-order valence-corrected chi connectivity index (χ4v) is 9.35. The van der Waals surface area contributed by atoms with Crippen molar-refractivity contribution in [3.63, 3.8) is 0 Å². The van der Waals surface area contributed by atoms with Gasteiger partial charge in [-0.25, -0.2) is 0 Å². The molecule has 0 aromatic heterocycles. The first-order valence-electron chi connectivity index (χ1n) is 30.1. The van der Waals surface area contributed by atoms with Crippen LogP contribution in [0.1, 0.15) is 337 Å². The Bertz CT molecular complexity index is 1040. The second kappa shape index (κ2) is 52.2. The zero-order valence-electron chi connectivity index (χ0n) is 46.2. The lowest BCUT2D eigenvalue weighted by Gasteiger charge is -2.18. The van der Waals surface area contributed by atoms with Crippen LogP contribution in [-0.4, -0.2) is 37.2 Å². The van der Waals surface area contributed by atoms with Crippen molar-refractivity contribution in [3.05, 3.63) is 0 Å². The molecule has 0 N–H and O–H groups in total. The van der Waals surface area contributed by atoms with E-state index in [1.807, 2.05) is 0 Å². The molecule has 0 aliphatic heterocycles. The van der Waals surface area contributed by atoms with Crippen LogP contribution in [0, 0.1) is 17.8 Å². The Balaban J connectivity index is 4.28. The average molecular weight is 948 g/mol. The third-order valence-corrected chi connectivity index (χ3v) is 13.9. The van der Waals surface area contributed by atoms with Crippen LogP contribution < -0.4 is 0 Å². The molecule has 0 unspecified atom stereocenters. The molecule has 0 radical (unpaired) electrons. The maximum Gasteiger partial charge on any atom is 0.306 e. The number of hydrogen-bond acceptors (Lipinski definition) is 6. The number of carbonyl (C=O) groups excluding carboxylic acids is 3. The van der Waals surface area contributed by atoms with Gasteiger partial charge < -0.3 is 14.2 Å². The highest BCUT2D eigenvalue weighted by molar-refractivity contribution is 5.71. The maximum absolute atomic E-state index is 12.9. The van der Waals surface area contributed by atoms with E-state index in [2.05, 4.69) is 41.5 Å². The van der Waals surface area contributed by atoms with Crippen LogP contribution in [0.25, 0.3) is 0 Å². The van der Waals surface area contributed by atoms with E-state index in [-0.39, 0.29) is 31.1 Å². The molecule has 0 saturated carbocycles. The molecule has 0 heterocycles. The average Bonchev–Trinajstić information content (AvgIpc) is 3.29. The van der Waals surface area contributed by atoms with Gasteiger partial charge in [-0.2, -0.15) is 0 Å². The van der Waals surface area contributed by atoms with Gasteiger partial charge in [0.1, 0.15) is 13.2 Å². The summed E-state index contributed by atoms with van der Waals surface area (Å²) in [5.74, 6) is 1.68. The summed E-state index contributed by atoms with van der Waals surface area (Å²) >= 11 is 0. The number of hydrogen-bond donors (Lipinski definition) is 0. The number of ether oxygens (including phenoxy) is 3. The van der Waals surface area contributed by atoms with E-state index in [0.717, 1.165) is 75.5 Å². The van der Waals surface area contributed by atoms with Crippen LogP contribution in [-0.2, 0) is 28.6 Å². The minimum absolute atomic E-state index is 0.0632. The van der Waals surface area contributed by atoms with E-state index in [9.17, 15) is 14.4 Å². The molecule has 6 nitrogen and oxygen atoms in total. The smallest absolute Gasteiger partial charge is 0.306 e. The highest BCUT2D eigenvalue weighted by Gasteiger charge is 2.19. The molecular formula is C61H118O6. The van der Waals surface area contributed by atoms with Crippen LogP contribution in [0.2, 0.25) is 0 Å². The number of rotatable bonds is 54. The predicted molar refractivity (Wildman–Crippen MR) is 289 cm³/mol. The molecule has 0 bridgehead atoms. The van der Waals surface area contributed by atoms with Crippen LogP contribution in [0.3, 0.4) is 0 Å². The minimum Gasteiger partial charge on any atom is -0.462 e. The molecular weight excluding hydrogens is 829 g/mol. The van der Waals surface area contributed by atoms with Gasteiger partial charge in [0.05, 0.1) is 0 Å². The van der Waals surface area contributed by atoms with E-state index < -0.39 is 6.10 Å². The molecule has 0 aromatic carbocycles. The van der Waals surface area contributed by atoms with Gasteiger partial charge in [0.2, 0.25) is 0 Å². The van der Waals surface area contributed by atoms with Gasteiger partial charge >= 0.3 is 17.9 Å². The first kappa shape index (κ1) is 65.4. The van der Waals surface area contributed by atoms with E-state index in [4.69, 9.17) is 14.2 Å². The van der Waals surface area contributed by atoms with E-state index in [1.54, 1.807) is 0 Å². The topological polar surface area (TPSA) is 78.9 Å². The third-order valence-electron chi connectivity index (χ3n) is 13.9. The van der Waals surface area contributed by atoms with Gasteiger partial charge in [-0.15, -0.1) is 0 Å². The molecule has 0 saturated heterocycles. The molecule has 0 aliphatic carbocycles. The minimum atomic E-state index is -0.764. The van der Waals surface area contributed by atoms with E-state index in [0.29, 0.717) is 19.3 Å². The lowest BCUT2D eigenvalue weighted by atomic mass is 10.0. The summed E-state index contributed by atoms with van der Waals surface area (Å²) in [5, 5.41) is 0. The summed E-state index contributed by atoms with van der Waals surface area (Å²) in [6, 6.07) is 0. The molecule has 0 amide bonds. The molecule has 398 valence electrons. The SMILES string of the molecule is CC(C)CCCCCCCCCCCCCCCCCC(=O)OC[C@H](COC(=O)CCCCCCCCCCCCCCCCC(C)C)OC(=O)CCCCCCCCCCCCCC(C)C. The second-order valence-corrected chi connectivity index (χ2v) is 22.4. The Kier molecular flexibility index (Phi) is 51.0. The fourth-order valence-electron chi connectivity index (χ4n) is 9.35. The van der Waals surface area contributed by atoms with Crippen LogP contribution >= 0.6 is 0 Å². The summed E-state index contributed by atoms with van der Waals surface area (Å²) in [6.07, 6.45) is 55.2. The largest absolute Gasteiger partial charge is 0.462 e. The number of carbonyl (C=O) groups is 3. The Morgan fingerprint density at radius 1 is 0.254 bits per heavy atom. The highest BCUT2D eigenvalue weighted by atomic mass is 16.6. The molecule has 0 aromatic rings. The van der Waals surface area contributed by atoms with E-state index in [1.165, 1.54) is 218 Å². The monoisotopic (exact) mass is 947 g/mol. The summed E-state index contributed by atoms with van der Waals surface area (Å²) < 4.78 is 16.9. The van der Waals surface area contributed by atoms with Crippen molar-refractivity contribution in [2.75, 3.05) is 13.2 Å². The predicted octanol–water partition coefficient (Wildman–Crippen LogP) is 19.9. The van der Waals surface area contributed by atoms with Gasteiger partial charge in [-0.3, -0.25) is 14.4 Å². The van der Waals surface area contributed by atoms with Crippen molar-refractivity contribution in [1.82, 2.24) is 0 Å². The van der Waals surface area contributed by atoms with Gasteiger partial charge in [0.15, 0.2) is 6.10 Å². The summed E-state index contributed by atoms with van der Waals surface area (Å²) in [7, 11) is 0. The Morgan fingerprint density at radius 2 is 0.433 bits per heavy atom. The molecule has 0 rings (SSSR count). The summed E-state index contributed by atoms with van der Waals surface area (Å²) in [4.78, 5) is 38.2. The lowest BCUT2D eigenvalue weighted by molar-refractivity contribution is -0.167. The zero-order valence-corrected chi connectivity index (χ0v) is 46.2. The first-order valence-corrected chi connectivity index (χ1v) is 30.1. The standard InChI is InChI=1S/C61H118O6/c1-55(2)47-41-35-29-23-17-12-8-7-9-14-20-26-32-38-44-50-59(62)65-53-58(67-61(64)52-46-40-34-28-22-16-19-25-31-37-43-49-57(5)6)54-66-60(63)51-45-39-33-27-21-15-11-10-13-18-24-30-36-42-48-56(3)4/h55-58H,7-54H2,1-6H3/t58-/m1/s1. The number of unbranched alkanes of at least 4 members (excludes halogenated alkanes) is 37. The highest BCUT2D eigenvalue weighted by Crippen LogP contribution is 2.19. The second-order valence-electron chi connectivity index (χ2n) is 22.4. The zero-order chi connectivity index (χ0) is 49.1. The molecule has 0 aliphatic rings. The Morgan fingerprint density at radius 3 is 0.642 bits per heavy atom. The summed E-state index contributed by atoms with van der Waals surface area (Å²) in [5.41, 5.74) is 0. The maximum atomic E-state index is 12.9. The molecule has 67 heavy (non-hydrogen) atoms. The molecule has 0 fully saturated rings. The van der Waals surface area contributed by atoms with Crippen LogP contribution in [0.4, 0.5) is 0 Å². The van der Waals surface area contributed by atoms with Gasteiger partial charge in [-0.1, -0.05) is 298 Å². The lowest BCUT2D eigenvalue weighted by Crippen LogP contribution is -2.30. The number of esters is 3. The van der Waals surface area contributed by atoms with Crippen molar-refractivity contribution in [1.29, 1.82) is 0 Å². The third kappa shape index (κ3) is 55.2. The summed E-state index contributed by atoms with van der Waals surface area (Å²) in [6.45, 7) is 13.8. The van der Waals surface area contributed by atoms with Crippen LogP contribution in [0.5, 0.6) is 0 Å². The van der Waals surface area contributed by atoms with Gasteiger partial charge in [-0.05, 0) is 37.0 Å². The normalized spacial score (nSPS) is 12.1. The molecule has 6 heteroatoms. The van der Waals surface area contributed by atoms with Crippen molar-refractivity contribution in [2.24, 2.45) is 17.8 Å². The van der Waals surface area contributed by atoms with E-state index >= 15 is 0 Å². The quantitative estimate of drug-likeness (QED) is 0.0343. The van der Waals surface area contributed by atoms with Crippen LogP contribution in [0.15, 0.2) is 0 Å². The van der Waals surface area contributed by atoms with Gasteiger partial charge in [0.25, 0.3) is 0 Å². The van der Waals surface area contributed by atoms with Crippen molar-refractivity contribution in [2.45, 2.75) is 343 Å². The van der Waals surface area contributed by atoms with Gasteiger partial charge in [0, 0.05) is 19.3 Å². The molecule has 0 spiro atoms. The first-order chi connectivity index (χ1) is 32.6.